The number of alkyl halides is 2. The van der Waals surface area contributed by atoms with Gasteiger partial charge in [-0.3, -0.25) is 4.90 Å². The molecule has 2 fully saturated rings. The second kappa shape index (κ2) is 6.81. The standard InChI is InChI=1S/C21H28F2N2O/c1-19(12-13-24)10-8-17(9-11-19)25-14-20(2,15-25)26-18-6-4-16(5-7-18)21(3,22)23/h4-7,17H,8-12,14-15H2,1-3H3. The quantitative estimate of drug-likeness (QED) is 0.730. The lowest BCUT2D eigenvalue weighted by Gasteiger charge is -2.53. The van der Waals surface area contributed by atoms with Gasteiger partial charge in [-0.25, -0.2) is 8.78 Å². The molecule has 0 atom stereocenters. The second-order valence-electron chi connectivity index (χ2n) is 8.75. The Morgan fingerprint density at radius 1 is 1.19 bits per heavy atom. The van der Waals surface area contributed by atoms with Crippen LogP contribution in [0.4, 0.5) is 8.78 Å². The third-order valence-electron chi connectivity index (χ3n) is 5.99. The molecule has 0 spiro atoms. The van der Waals surface area contributed by atoms with Crippen LogP contribution in [0.5, 0.6) is 5.75 Å². The Morgan fingerprint density at radius 3 is 2.27 bits per heavy atom. The van der Waals surface area contributed by atoms with Gasteiger partial charge in [0, 0.05) is 38.0 Å². The summed E-state index contributed by atoms with van der Waals surface area (Å²) in [6.07, 6.45) is 5.12. The predicted molar refractivity (Wildman–Crippen MR) is 97.2 cm³/mol. The van der Waals surface area contributed by atoms with Crippen LogP contribution < -0.4 is 4.74 Å². The number of likely N-dealkylation sites (tertiary alicyclic amines) is 1. The zero-order valence-electron chi connectivity index (χ0n) is 15.9. The smallest absolute Gasteiger partial charge is 0.270 e. The first-order chi connectivity index (χ1) is 12.1. The van der Waals surface area contributed by atoms with E-state index in [1.165, 1.54) is 12.1 Å². The average molecular weight is 362 g/mol. The normalized spacial score (nSPS) is 28.8. The van der Waals surface area contributed by atoms with Crippen LogP contribution in [0, 0.1) is 16.7 Å². The number of halogens is 2. The Bertz CT molecular complexity index is 661. The summed E-state index contributed by atoms with van der Waals surface area (Å²) in [6.45, 7) is 6.92. The van der Waals surface area contributed by atoms with Crippen molar-refractivity contribution < 1.29 is 13.5 Å². The molecule has 1 aromatic rings. The van der Waals surface area contributed by atoms with Crippen molar-refractivity contribution in [3.8, 4) is 11.8 Å². The fourth-order valence-electron chi connectivity index (χ4n) is 4.27. The van der Waals surface area contributed by atoms with Crippen LogP contribution in [-0.4, -0.2) is 29.6 Å². The Balaban J connectivity index is 1.50. The fraction of sp³-hybridized carbons (Fsp3) is 0.667. The number of rotatable bonds is 5. The summed E-state index contributed by atoms with van der Waals surface area (Å²) in [5.74, 6) is -2.18. The highest BCUT2D eigenvalue weighted by Crippen LogP contribution is 2.42. The van der Waals surface area contributed by atoms with Crippen molar-refractivity contribution in [1.82, 2.24) is 4.90 Å². The summed E-state index contributed by atoms with van der Waals surface area (Å²) in [7, 11) is 0. The molecule has 1 heterocycles. The summed E-state index contributed by atoms with van der Waals surface area (Å²) < 4.78 is 32.7. The van der Waals surface area contributed by atoms with E-state index in [0.29, 0.717) is 18.2 Å². The fourth-order valence-corrected chi connectivity index (χ4v) is 4.27. The summed E-state index contributed by atoms with van der Waals surface area (Å²) in [6, 6.07) is 9.03. The predicted octanol–water partition coefficient (Wildman–Crippen LogP) is 5.11. The van der Waals surface area contributed by atoms with Gasteiger partial charge in [0.1, 0.15) is 11.4 Å². The van der Waals surface area contributed by atoms with E-state index in [0.717, 1.165) is 45.7 Å². The molecule has 1 saturated carbocycles. The number of nitriles is 1. The van der Waals surface area contributed by atoms with Gasteiger partial charge < -0.3 is 4.74 Å². The summed E-state index contributed by atoms with van der Waals surface area (Å²) in [4.78, 5) is 2.46. The van der Waals surface area contributed by atoms with Crippen molar-refractivity contribution in [3.05, 3.63) is 29.8 Å². The lowest BCUT2D eigenvalue weighted by molar-refractivity contribution is -0.0946. The molecule has 26 heavy (non-hydrogen) atoms. The highest BCUT2D eigenvalue weighted by atomic mass is 19.3. The highest BCUT2D eigenvalue weighted by Gasteiger charge is 2.45. The number of nitrogens with zero attached hydrogens (tertiary/aromatic N) is 2. The maximum absolute atomic E-state index is 13.3. The Kier molecular flexibility index (Phi) is 5.00. The number of hydrogen-bond acceptors (Lipinski definition) is 3. The molecule has 1 aliphatic heterocycles. The molecule has 0 aromatic heterocycles. The lowest BCUT2D eigenvalue weighted by atomic mass is 9.71. The van der Waals surface area contributed by atoms with Gasteiger partial charge >= 0.3 is 0 Å². The van der Waals surface area contributed by atoms with Crippen molar-refractivity contribution in [3.63, 3.8) is 0 Å². The minimum Gasteiger partial charge on any atom is -0.485 e. The summed E-state index contributed by atoms with van der Waals surface area (Å²) in [5.41, 5.74) is -0.0734. The van der Waals surface area contributed by atoms with E-state index >= 15 is 0 Å². The molecule has 0 bridgehead atoms. The SMILES string of the molecule is CC1(CC#N)CCC(N2CC(C)(Oc3ccc(C(C)(F)F)cc3)C2)CC1. The van der Waals surface area contributed by atoms with Gasteiger partial charge in [-0.05, 0) is 62.3 Å². The molecule has 2 aliphatic rings. The van der Waals surface area contributed by atoms with Gasteiger partial charge in [-0.1, -0.05) is 6.92 Å². The van der Waals surface area contributed by atoms with Crippen LogP contribution >= 0.6 is 0 Å². The molecule has 5 heteroatoms. The number of hydrogen-bond donors (Lipinski definition) is 0. The van der Waals surface area contributed by atoms with Crippen LogP contribution in [0.3, 0.4) is 0 Å². The molecule has 1 aliphatic carbocycles. The molecular formula is C21H28F2N2O. The molecular weight excluding hydrogens is 334 g/mol. The van der Waals surface area contributed by atoms with E-state index in [1.54, 1.807) is 12.1 Å². The van der Waals surface area contributed by atoms with E-state index in [4.69, 9.17) is 10.00 Å². The van der Waals surface area contributed by atoms with Gasteiger partial charge in [0.25, 0.3) is 5.92 Å². The van der Waals surface area contributed by atoms with Crippen LogP contribution in [-0.2, 0) is 5.92 Å². The molecule has 142 valence electrons. The molecule has 3 rings (SSSR count). The third-order valence-corrected chi connectivity index (χ3v) is 5.99. The first-order valence-electron chi connectivity index (χ1n) is 9.41. The zero-order valence-corrected chi connectivity index (χ0v) is 15.9. The van der Waals surface area contributed by atoms with E-state index in [2.05, 4.69) is 24.8 Å². The zero-order chi connectivity index (χ0) is 19.0. The molecule has 1 aromatic carbocycles. The number of ether oxygens (including phenoxy) is 1. The van der Waals surface area contributed by atoms with Crippen LogP contribution in [0.25, 0.3) is 0 Å². The monoisotopic (exact) mass is 362 g/mol. The van der Waals surface area contributed by atoms with E-state index in [-0.39, 0.29) is 16.6 Å². The maximum atomic E-state index is 13.3. The van der Waals surface area contributed by atoms with Crippen molar-refractivity contribution in [1.29, 1.82) is 5.26 Å². The molecule has 0 radical (unpaired) electrons. The largest absolute Gasteiger partial charge is 0.485 e. The first-order valence-corrected chi connectivity index (χ1v) is 9.41. The Hall–Kier alpha value is -1.67. The summed E-state index contributed by atoms with van der Waals surface area (Å²) in [5, 5.41) is 8.97. The van der Waals surface area contributed by atoms with E-state index in [9.17, 15) is 8.78 Å². The lowest BCUT2D eigenvalue weighted by Crippen LogP contribution is -2.66. The van der Waals surface area contributed by atoms with Gasteiger partial charge in [-0.2, -0.15) is 5.26 Å². The van der Waals surface area contributed by atoms with Crippen LogP contribution in [0.1, 0.15) is 58.4 Å². The molecule has 0 N–H and O–H groups in total. The van der Waals surface area contributed by atoms with Gasteiger partial charge in [0.05, 0.1) is 6.07 Å². The van der Waals surface area contributed by atoms with Crippen molar-refractivity contribution in [2.45, 2.75) is 70.4 Å². The molecule has 0 unspecified atom stereocenters. The van der Waals surface area contributed by atoms with E-state index < -0.39 is 5.92 Å². The molecule has 0 amide bonds. The van der Waals surface area contributed by atoms with Crippen molar-refractivity contribution in [2.75, 3.05) is 13.1 Å². The van der Waals surface area contributed by atoms with Crippen LogP contribution in [0.15, 0.2) is 24.3 Å². The van der Waals surface area contributed by atoms with Gasteiger partial charge in [-0.15, -0.1) is 0 Å². The Morgan fingerprint density at radius 2 is 1.77 bits per heavy atom. The third kappa shape index (κ3) is 4.17. The minimum absolute atomic E-state index is 0.00728. The first kappa shape index (κ1) is 19.1. The summed E-state index contributed by atoms with van der Waals surface area (Å²) >= 11 is 0. The average Bonchev–Trinajstić information content (AvgIpc) is 2.53. The minimum atomic E-state index is -2.82. The second-order valence-corrected chi connectivity index (χ2v) is 8.75. The van der Waals surface area contributed by atoms with Crippen molar-refractivity contribution in [2.24, 2.45) is 5.41 Å². The van der Waals surface area contributed by atoms with Gasteiger partial charge in [0.2, 0.25) is 0 Å². The molecule has 1 saturated heterocycles. The van der Waals surface area contributed by atoms with Crippen LogP contribution in [0.2, 0.25) is 0 Å². The topological polar surface area (TPSA) is 36.3 Å². The highest BCUT2D eigenvalue weighted by molar-refractivity contribution is 5.30. The maximum Gasteiger partial charge on any atom is 0.270 e. The van der Waals surface area contributed by atoms with Crippen molar-refractivity contribution >= 4 is 0 Å². The van der Waals surface area contributed by atoms with Gasteiger partial charge in [0.15, 0.2) is 0 Å². The van der Waals surface area contributed by atoms with E-state index in [1.807, 2.05) is 0 Å². The molecule has 3 nitrogen and oxygen atoms in total. The number of benzene rings is 1. The Labute approximate surface area is 154 Å².